The van der Waals surface area contributed by atoms with E-state index in [1.54, 1.807) is 0 Å². The van der Waals surface area contributed by atoms with E-state index in [1.165, 1.54) is 24.0 Å². The van der Waals surface area contributed by atoms with Crippen molar-refractivity contribution in [3.8, 4) is 5.75 Å². The molecule has 0 spiro atoms. The van der Waals surface area contributed by atoms with Crippen LogP contribution in [-0.2, 0) is 11.2 Å². The monoisotopic (exact) mass is 319 g/mol. The maximum absolute atomic E-state index is 12.5. The molecule has 1 aromatic rings. The van der Waals surface area contributed by atoms with Gasteiger partial charge in [0.25, 0.3) is 5.91 Å². The van der Waals surface area contributed by atoms with Crippen LogP contribution in [0.3, 0.4) is 0 Å². The van der Waals surface area contributed by atoms with E-state index in [2.05, 4.69) is 37.6 Å². The minimum atomic E-state index is -0.356. The lowest BCUT2D eigenvalue weighted by Crippen LogP contribution is -2.45. The molecule has 0 radical (unpaired) electrons. The molecule has 1 aromatic carbocycles. The van der Waals surface area contributed by atoms with Gasteiger partial charge in [0, 0.05) is 17.7 Å². The molecular weight excluding hydrogens is 294 g/mol. The van der Waals surface area contributed by atoms with Crippen LogP contribution in [0.4, 0.5) is 0 Å². The first kappa shape index (κ1) is 15.7. The standard InChI is InChI=1S/C18H25NO2S/c1-11-7-13-9-17(21-16(13)8-12(11)2)18(20)19-14-5-4-6-15(10-14)22-3/h7-8,14-15,17H,4-6,9-10H2,1-3H3,(H,19,20)/t14-,15+,17+/m0/s1. The summed E-state index contributed by atoms with van der Waals surface area (Å²) in [5.74, 6) is 0.937. The summed E-state index contributed by atoms with van der Waals surface area (Å²) in [7, 11) is 0. The highest BCUT2D eigenvalue weighted by molar-refractivity contribution is 7.99. The molecule has 1 N–H and O–H groups in total. The lowest BCUT2D eigenvalue weighted by Gasteiger charge is -2.29. The lowest BCUT2D eigenvalue weighted by molar-refractivity contribution is -0.128. The summed E-state index contributed by atoms with van der Waals surface area (Å²) in [6.45, 7) is 4.19. The average Bonchev–Trinajstić information content (AvgIpc) is 2.91. The maximum Gasteiger partial charge on any atom is 0.261 e. The van der Waals surface area contributed by atoms with Gasteiger partial charge < -0.3 is 10.1 Å². The zero-order valence-corrected chi connectivity index (χ0v) is 14.5. The number of carbonyl (C=O) groups excluding carboxylic acids is 1. The van der Waals surface area contributed by atoms with Gasteiger partial charge in [-0.3, -0.25) is 4.79 Å². The molecule has 3 rings (SSSR count). The van der Waals surface area contributed by atoms with Crippen molar-refractivity contribution < 1.29 is 9.53 Å². The number of benzene rings is 1. The Morgan fingerprint density at radius 1 is 1.27 bits per heavy atom. The van der Waals surface area contributed by atoms with E-state index in [1.807, 2.05) is 11.8 Å². The van der Waals surface area contributed by atoms with Crippen LogP contribution in [-0.4, -0.2) is 29.6 Å². The van der Waals surface area contributed by atoms with Gasteiger partial charge in [-0.2, -0.15) is 11.8 Å². The van der Waals surface area contributed by atoms with Crippen molar-refractivity contribution in [1.82, 2.24) is 5.32 Å². The normalized spacial score (nSPS) is 27.1. The first-order valence-corrected chi connectivity index (χ1v) is 9.45. The van der Waals surface area contributed by atoms with Crippen molar-refractivity contribution in [2.24, 2.45) is 0 Å². The maximum atomic E-state index is 12.5. The van der Waals surface area contributed by atoms with Crippen LogP contribution in [0.1, 0.15) is 42.4 Å². The van der Waals surface area contributed by atoms with E-state index in [0.29, 0.717) is 17.7 Å². The summed E-state index contributed by atoms with van der Waals surface area (Å²) in [5.41, 5.74) is 3.64. The molecule has 0 bridgehead atoms. The molecule has 0 saturated heterocycles. The van der Waals surface area contributed by atoms with Crippen LogP contribution in [0.5, 0.6) is 5.75 Å². The second-order valence-electron chi connectivity index (χ2n) is 6.58. The summed E-state index contributed by atoms with van der Waals surface area (Å²) < 4.78 is 5.88. The smallest absolute Gasteiger partial charge is 0.261 e. The zero-order chi connectivity index (χ0) is 15.7. The van der Waals surface area contributed by atoms with Gasteiger partial charge in [0.1, 0.15) is 5.75 Å². The SMILES string of the molecule is CS[C@@H]1CCC[C@H](NC(=O)[C@H]2Cc3cc(C)c(C)cc3O2)C1. The molecule has 4 heteroatoms. The Labute approximate surface area is 137 Å². The zero-order valence-electron chi connectivity index (χ0n) is 13.6. The molecular formula is C18H25NO2S. The molecule has 0 unspecified atom stereocenters. The number of amides is 1. The number of carbonyl (C=O) groups is 1. The first-order valence-electron chi connectivity index (χ1n) is 8.16. The number of hydrogen-bond acceptors (Lipinski definition) is 3. The van der Waals surface area contributed by atoms with Gasteiger partial charge in [0.15, 0.2) is 6.10 Å². The van der Waals surface area contributed by atoms with Crippen LogP contribution in [0, 0.1) is 13.8 Å². The van der Waals surface area contributed by atoms with Gasteiger partial charge in [-0.1, -0.05) is 12.5 Å². The fourth-order valence-corrected chi connectivity index (χ4v) is 4.27. The van der Waals surface area contributed by atoms with Gasteiger partial charge in [-0.25, -0.2) is 0 Å². The van der Waals surface area contributed by atoms with Crippen molar-refractivity contribution >= 4 is 17.7 Å². The van der Waals surface area contributed by atoms with Crippen LogP contribution in [0.15, 0.2) is 12.1 Å². The van der Waals surface area contributed by atoms with Crippen molar-refractivity contribution in [2.75, 3.05) is 6.26 Å². The Morgan fingerprint density at radius 3 is 2.82 bits per heavy atom. The number of aryl methyl sites for hydroxylation is 2. The third kappa shape index (κ3) is 3.27. The predicted octanol–water partition coefficient (Wildman–Crippen LogP) is 3.40. The van der Waals surface area contributed by atoms with E-state index >= 15 is 0 Å². The number of thioether (sulfide) groups is 1. The van der Waals surface area contributed by atoms with E-state index in [-0.39, 0.29) is 12.0 Å². The first-order chi connectivity index (χ1) is 10.6. The van der Waals surface area contributed by atoms with Crippen molar-refractivity contribution in [2.45, 2.75) is 63.3 Å². The summed E-state index contributed by atoms with van der Waals surface area (Å²) in [5, 5.41) is 3.90. The molecule has 3 nitrogen and oxygen atoms in total. The Hall–Kier alpha value is -1.16. The van der Waals surface area contributed by atoms with Gasteiger partial charge in [0.05, 0.1) is 0 Å². The fourth-order valence-electron chi connectivity index (χ4n) is 3.44. The Morgan fingerprint density at radius 2 is 2.05 bits per heavy atom. The molecule has 2 aliphatic rings. The van der Waals surface area contributed by atoms with E-state index in [4.69, 9.17) is 4.74 Å². The number of nitrogens with one attached hydrogen (secondary N) is 1. The lowest BCUT2D eigenvalue weighted by atomic mass is 9.94. The van der Waals surface area contributed by atoms with Gasteiger partial charge in [-0.15, -0.1) is 0 Å². The molecule has 1 saturated carbocycles. The number of ether oxygens (including phenoxy) is 1. The van der Waals surface area contributed by atoms with E-state index in [9.17, 15) is 4.79 Å². The largest absolute Gasteiger partial charge is 0.480 e. The van der Waals surface area contributed by atoms with Crippen molar-refractivity contribution in [3.63, 3.8) is 0 Å². The molecule has 1 heterocycles. The highest BCUT2D eigenvalue weighted by atomic mass is 32.2. The Kier molecular flexibility index (Phi) is 4.67. The Balaban J connectivity index is 1.60. The van der Waals surface area contributed by atoms with Gasteiger partial charge in [0.2, 0.25) is 0 Å². The average molecular weight is 319 g/mol. The highest BCUT2D eigenvalue weighted by Crippen LogP contribution is 2.32. The molecule has 1 aliphatic heterocycles. The minimum absolute atomic E-state index is 0.0539. The third-order valence-electron chi connectivity index (χ3n) is 4.95. The fraction of sp³-hybridized carbons (Fsp3) is 0.611. The van der Waals surface area contributed by atoms with Crippen molar-refractivity contribution in [3.05, 3.63) is 28.8 Å². The summed E-state index contributed by atoms with van der Waals surface area (Å²) in [4.78, 5) is 12.5. The molecule has 1 amide bonds. The quantitative estimate of drug-likeness (QED) is 0.928. The Bertz CT molecular complexity index is 541. The van der Waals surface area contributed by atoms with E-state index in [0.717, 1.165) is 24.2 Å². The molecule has 3 atom stereocenters. The summed E-state index contributed by atoms with van der Waals surface area (Å²) in [6, 6.07) is 4.53. The topological polar surface area (TPSA) is 38.3 Å². The number of fused-ring (bicyclic) bond motifs is 1. The molecule has 22 heavy (non-hydrogen) atoms. The van der Waals surface area contributed by atoms with Crippen molar-refractivity contribution in [1.29, 1.82) is 0 Å². The van der Waals surface area contributed by atoms with Crippen LogP contribution in [0.2, 0.25) is 0 Å². The van der Waals surface area contributed by atoms with E-state index < -0.39 is 0 Å². The third-order valence-corrected chi connectivity index (χ3v) is 6.04. The van der Waals surface area contributed by atoms with Crippen LogP contribution < -0.4 is 10.1 Å². The molecule has 120 valence electrons. The summed E-state index contributed by atoms with van der Waals surface area (Å²) >= 11 is 1.92. The second-order valence-corrected chi connectivity index (χ2v) is 7.72. The minimum Gasteiger partial charge on any atom is -0.480 e. The molecule has 1 fully saturated rings. The van der Waals surface area contributed by atoms with Gasteiger partial charge in [-0.05, 0) is 62.1 Å². The highest BCUT2D eigenvalue weighted by Gasteiger charge is 2.32. The second kappa shape index (κ2) is 6.53. The predicted molar refractivity (Wildman–Crippen MR) is 91.7 cm³/mol. The summed E-state index contributed by atoms with van der Waals surface area (Å²) in [6.07, 6.45) is 7.17. The van der Waals surface area contributed by atoms with Crippen LogP contribution in [0.25, 0.3) is 0 Å². The molecule has 1 aliphatic carbocycles. The number of rotatable bonds is 3. The number of hydrogen-bond donors (Lipinski definition) is 1. The van der Waals surface area contributed by atoms with Gasteiger partial charge >= 0.3 is 0 Å². The molecule has 0 aromatic heterocycles. The van der Waals surface area contributed by atoms with Crippen LogP contribution >= 0.6 is 11.8 Å².